The Kier molecular flexibility index (Phi) is 4.68. The fourth-order valence-corrected chi connectivity index (χ4v) is 4.32. The number of benzene rings is 1. The number of amides is 1. The monoisotopic (exact) mass is 407 g/mol. The topological polar surface area (TPSA) is 56.0 Å². The van der Waals surface area contributed by atoms with E-state index in [9.17, 15) is 9.18 Å². The van der Waals surface area contributed by atoms with Crippen molar-refractivity contribution in [3.05, 3.63) is 59.2 Å². The summed E-state index contributed by atoms with van der Waals surface area (Å²) in [6, 6.07) is 8.46. The van der Waals surface area contributed by atoms with Gasteiger partial charge in [0.1, 0.15) is 6.17 Å². The van der Waals surface area contributed by atoms with Gasteiger partial charge in [-0.25, -0.2) is 4.39 Å². The maximum absolute atomic E-state index is 13.5. The third-order valence-corrected chi connectivity index (χ3v) is 6.27. The molecule has 6 nitrogen and oxygen atoms in total. The molecule has 0 saturated heterocycles. The Morgan fingerprint density at radius 2 is 2.00 bits per heavy atom. The number of alkyl halides is 1. The van der Waals surface area contributed by atoms with Gasteiger partial charge in [0.15, 0.2) is 0 Å². The van der Waals surface area contributed by atoms with Crippen LogP contribution in [0.5, 0.6) is 0 Å². The van der Waals surface area contributed by atoms with Crippen molar-refractivity contribution >= 4 is 5.91 Å². The maximum atomic E-state index is 13.5. The first-order chi connectivity index (χ1) is 14.5. The molecule has 1 aromatic carbocycles. The molecule has 3 heterocycles. The quantitative estimate of drug-likeness (QED) is 0.653. The highest BCUT2D eigenvalue weighted by molar-refractivity contribution is 5.73. The van der Waals surface area contributed by atoms with E-state index in [1.165, 1.54) is 11.3 Å². The van der Waals surface area contributed by atoms with Crippen LogP contribution in [0, 0.1) is 5.92 Å². The van der Waals surface area contributed by atoms with Crippen LogP contribution < -0.4 is 0 Å². The molecule has 1 aliphatic heterocycles. The number of aromatic nitrogens is 4. The normalized spacial score (nSPS) is 20.3. The van der Waals surface area contributed by atoms with Gasteiger partial charge < -0.3 is 4.90 Å². The molecule has 1 saturated carbocycles. The molecule has 7 heteroatoms. The second-order valence-electron chi connectivity index (χ2n) is 8.53. The summed E-state index contributed by atoms with van der Waals surface area (Å²) in [6.07, 6.45) is 5.30. The summed E-state index contributed by atoms with van der Waals surface area (Å²) in [5.41, 5.74) is 6.71. The zero-order valence-electron chi connectivity index (χ0n) is 17.4. The zero-order chi connectivity index (χ0) is 20.8. The van der Waals surface area contributed by atoms with Gasteiger partial charge in [-0.3, -0.25) is 14.2 Å². The first-order valence-corrected chi connectivity index (χ1v) is 10.5. The predicted molar refractivity (Wildman–Crippen MR) is 111 cm³/mol. The van der Waals surface area contributed by atoms with Gasteiger partial charge in [-0.1, -0.05) is 24.3 Å². The SMILES string of the molecule is CC(=O)N1CCc2c(c(Cc3ccc(-c4cnn(C)c4)cc3)nn2CC2C[C@H]2F)C1. The third kappa shape index (κ3) is 3.64. The highest BCUT2D eigenvalue weighted by atomic mass is 19.1. The van der Waals surface area contributed by atoms with Crippen LogP contribution in [0.4, 0.5) is 4.39 Å². The van der Waals surface area contributed by atoms with Gasteiger partial charge in [-0.05, 0) is 17.5 Å². The molecule has 0 spiro atoms. The summed E-state index contributed by atoms with van der Waals surface area (Å²) in [5, 5.41) is 9.11. The van der Waals surface area contributed by atoms with E-state index >= 15 is 0 Å². The fraction of sp³-hybridized carbons (Fsp3) is 0.435. The zero-order valence-corrected chi connectivity index (χ0v) is 17.4. The summed E-state index contributed by atoms with van der Waals surface area (Å²) >= 11 is 0. The molecule has 0 radical (unpaired) electrons. The van der Waals surface area contributed by atoms with Gasteiger partial charge in [-0.15, -0.1) is 0 Å². The highest BCUT2D eigenvalue weighted by Gasteiger charge is 2.39. The Morgan fingerprint density at radius 1 is 1.23 bits per heavy atom. The molecule has 3 aromatic rings. The van der Waals surface area contributed by atoms with Crippen LogP contribution in [0.3, 0.4) is 0 Å². The van der Waals surface area contributed by atoms with Crippen molar-refractivity contribution in [1.82, 2.24) is 24.5 Å². The lowest BCUT2D eigenvalue weighted by Gasteiger charge is -2.27. The van der Waals surface area contributed by atoms with Gasteiger partial charge in [0.05, 0.1) is 11.9 Å². The summed E-state index contributed by atoms with van der Waals surface area (Å²) < 4.78 is 17.3. The van der Waals surface area contributed by atoms with Crippen molar-refractivity contribution in [3.63, 3.8) is 0 Å². The van der Waals surface area contributed by atoms with Crippen LogP contribution in [0.15, 0.2) is 36.7 Å². The summed E-state index contributed by atoms with van der Waals surface area (Å²) in [6.45, 7) is 3.56. The lowest BCUT2D eigenvalue weighted by atomic mass is 9.99. The van der Waals surface area contributed by atoms with Crippen LogP contribution >= 0.6 is 0 Å². The van der Waals surface area contributed by atoms with E-state index in [0.29, 0.717) is 32.5 Å². The summed E-state index contributed by atoms with van der Waals surface area (Å²) in [5.74, 6) is 0.178. The van der Waals surface area contributed by atoms with E-state index in [2.05, 4.69) is 29.4 Å². The average molecular weight is 407 g/mol. The first kappa shape index (κ1) is 19.0. The molecule has 1 aliphatic carbocycles. The fourth-order valence-electron chi connectivity index (χ4n) is 4.32. The van der Waals surface area contributed by atoms with E-state index < -0.39 is 6.17 Å². The van der Waals surface area contributed by atoms with Crippen LogP contribution in [0.25, 0.3) is 11.1 Å². The van der Waals surface area contributed by atoms with E-state index in [1.54, 1.807) is 11.6 Å². The van der Waals surface area contributed by atoms with Crippen molar-refractivity contribution in [2.45, 2.75) is 45.4 Å². The molecule has 0 N–H and O–H groups in total. The Labute approximate surface area is 175 Å². The molecule has 0 bridgehead atoms. The van der Waals surface area contributed by atoms with E-state index in [4.69, 9.17) is 5.10 Å². The molecule has 2 aliphatic rings. The number of halogens is 1. The van der Waals surface area contributed by atoms with Gasteiger partial charge in [0.25, 0.3) is 0 Å². The van der Waals surface area contributed by atoms with Gasteiger partial charge in [-0.2, -0.15) is 10.2 Å². The van der Waals surface area contributed by atoms with Gasteiger partial charge in [0.2, 0.25) is 5.91 Å². The van der Waals surface area contributed by atoms with Crippen molar-refractivity contribution in [2.75, 3.05) is 6.54 Å². The van der Waals surface area contributed by atoms with E-state index in [1.807, 2.05) is 29.0 Å². The Balaban J connectivity index is 1.41. The van der Waals surface area contributed by atoms with Crippen molar-refractivity contribution in [2.24, 2.45) is 13.0 Å². The van der Waals surface area contributed by atoms with Crippen LogP contribution in [0.1, 0.15) is 35.9 Å². The second-order valence-corrected chi connectivity index (χ2v) is 8.53. The number of carbonyl (C=O) groups is 1. The molecule has 2 aromatic heterocycles. The maximum Gasteiger partial charge on any atom is 0.219 e. The predicted octanol–water partition coefficient (Wildman–Crippen LogP) is 3.14. The lowest BCUT2D eigenvalue weighted by Crippen LogP contribution is -2.35. The Hall–Kier alpha value is -2.96. The first-order valence-electron chi connectivity index (χ1n) is 10.5. The largest absolute Gasteiger partial charge is 0.338 e. The number of hydrogen-bond acceptors (Lipinski definition) is 3. The number of nitrogens with zero attached hydrogens (tertiary/aromatic N) is 5. The molecule has 1 unspecified atom stereocenters. The lowest BCUT2D eigenvalue weighted by molar-refractivity contribution is -0.129. The number of hydrogen-bond donors (Lipinski definition) is 0. The number of rotatable bonds is 5. The Bertz CT molecular complexity index is 1080. The molecular formula is C23H26FN5O. The van der Waals surface area contributed by atoms with Crippen LogP contribution in [-0.2, 0) is 37.8 Å². The molecule has 1 fully saturated rings. The van der Waals surface area contributed by atoms with E-state index in [-0.39, 0.29) is 11.8 Å². The molecule has 1 amide bonds. The smallest absolute Gasteiger partial charge is 0.219 e. The Morgan fingerprint density at radius 3 is 2.63 bits per heavy atom. The standard InChI is InChI=1S/C23H26FN5O/c1-15(30)28-8-7-23-20(14-28)22(26-29(23)13-18-10-21(18)24)9-16-3-5-17(6-4-16)19-11-25-27(2)12-19/h3-6,11-12,18,21H,7-10,13-14H2,1-2H3/t18?,21-/m1/s1. The van der Waals surface area contributed by atoms with Crippen LogP contribution in [-0.4, -0.2) is 43.1 Å². The van der Waals surface area contributed by atoms with Crippen molar-refractivity contribution in [1.29, 1.82) is 0 Å². The van der Waals surface area contributed by atoms with Crippen LogP contribution in [0.2, 0.25) is 0 Å². The number of carbonyl (C=O) groups excluding carboxylic acids is 1. The minimum Gasteiger partial charge on any atom is -0.338 e. The minimum absolute atomic E-state index is 0.0891. The number of aryl methyl sites for hydroxylation is 1. The average Bonchev–Trinajstić information content (AvgIpc) is 3.10. The van der Waals surface area contributed by atoms with Crippen molar-refractivity contribution in [3.8, 4) is 11.1 Å². The van der Waals surface area contributed by atoms with Gasteiger partial charge >= 0.3 is 0 Å². The summed E-state index contributed by atoms with van der Waals surface area (Å²) in [4.78, 5) is 13.8. The van der Waals surface area contributed by atoms with E-state index in [0.717, 1.165) is 28.8 Å². The summed E-state index contributed by atoms with van der Waals surface area (Å²) in [7, 11) is 1.91. The van der Waals surface area contributed by atoms with Crippen molar-refractivity contribution < 1.29 is 9.18 Å². The second kappa shape index (κ2) is 7.38. The van der Waals surface area contributed by atoms with Gasteiger partial charge in [0, 0.05) is 75.4 Å². The highest BCUT2D eigenvalue weighted by Crippen LogP contribution is 2.36. The third-order valence-electron chi connectivity index (χ3n) is 6.27. The minimum atomic E-state index is -0.689. The molecule has 5 rings (SSSR count). The number of fused-ring (bicyclic) bond motifs is 1. The molecule has 30 heavy (non-hydrogen) atoms. The molecule has 2 atom stereocenters. The molecule has 156 valence electrons. The molecular weight excluding hydrogens is 381 g/mol.